The van der Waals surface area contributed by atoms with E-state index in [9.17, 15) is 9.59 Å². The molecule has 2 aromatic rings. The fraction of sp³-hybridized carbons (Fsp3) is 0.333. The molecule has 0 aliphatic rings. The number of rotatable bonds is 4. The number of ether oxygens (including phenoxy) is 2. The van der Waals surface area contributed by atoms with Crippen LogP contribution in [0.3, 0.4) is 0 Å². The molecular formula is C18H19Cl2NO4. The van der Waals surface area contributed by atoms with E-state index in [0.29, 0.717) is 26.5 Å². The van der Waals surface area contributed by atoms with E-state index in [1.165, 1.54) is 12.2 Å². The summed E-state index contributed by atoms with van der Waals surface area (Å²) in [5.41, 5.74) is 0.600. The Balaban J connectivity index is 2.53. The highest BCUT2D eigenvalue weighted by molar-refractivity contribution is 6.39. The van der Waals surface area contributed by atoms with Crippen molar-refractivity contribution in [1.29, 1.82) is 0 Å². The molecule has 0 radical (unpaired) electrons. The Morgan fingerprint density at radius 2 is 1.92 bits per heavy atom. The van der Waals surface area contributed by atoms with Gasteiger partial charge in [-0.15, -0.1) is 0 Å². The number of hydrogen-bond acceptors (Lipinski definition) is 4. The number of H-pyrrole nitrogens is 1. The summed E-state index contributed by atoms with van der Waals surface area (Å²) >= 11 is 12.3. The highest BCUT2D eigenvalue weighted by Gasteiger charge is 2.20. The van der Waals surface area contributed by atoms with E-state index < -0.39 is 17.5 Å². The zero-order valence-electron chi connectivity index (χ0n) is 14.4. The fourth-order valence-electron chi connectivity index (χ4n) is 2.29. The number of benzene rings is 1. The molecule has 7 heteroatoms. The molecule has 0 bridgehead atoms. The maximum absolute atomic E-state index is 12.2. The first-order chi connectivity index (χ1) is 11.6. The summed E-state index contributed by atoms with van der Waals surface area (Å²) < 4.78 is 10.3. The van der Waals surface area contributed by atoms with Crippen LogP contribution in [0.4, 0.5) is 0 Å². The van der Waals surface area contributed by atoms with Gasteiger partial charge in [-0.05, 0) is 45.9 Å². The second kappa shape index (κ2) is 7.50. The van der Waals surface area contributed by atoms with E-state index in [1.54, 1.807) is 39.8 Å². The van der Waals surface area contributed by atoms with Gasteiger partial charge in [0.25, 0.3) is 0 Å². The molecule has 1 heterocycles. The van der Waals surface area contributed by atoms with E-state index in [2.05, 4.69) is 4.98 Å². The zero-order chi connectivity index (χ0) is 18.8. The molecule has 0 aliphatic carbocycles. The van der Waals surface area contributed by atoms with Gasteiger partial charge in [0, 0.05) is 27.6 Å². The van der Waals surface area contributed by atoms with Crippen molar-refractivity contribution in [3.05, 3.63) is 39.5 Å². The van der Waals surface area contributed by atoms with Crippen LogP contribution >= 0.6 is 23.2 Å². The molecule has 1 aromatic carbocycles. The summed E-state index contributed by atoms with van der Waals surface area (Å²) in [6.45, 7) is 7.24. The molecule has 25 heavy (non-hydrogen) atoms. The van der Waals surface area contributed by atoms with E-state index >= 15 is 0 Å². The third-order valence-corrected chi connectivity index (χ3v) is 3.64. The Bertz CT molecular complexity index is 847. The van der Waals surface area contributed by atoms with E-state index in [1.807, 2.05) is 0 Å². The molecule has 1 aromatic heterocycles. The second-order valence-corrected chi connectivity index (χ2v) is 7.15. The molecule has 5 nitrogen and oxygen atoms in total. The largest absolute Gasteiger partial charge is 0.461 e. The summed E-state index contributed by atoms with van der Waals surface area (Å²) in [4.78, 5) is 27.1. The lowest BCUT2D eigenvalue weighted by Gasteiger charge is -2.17. The van der Waals surface area contributed by atoms with E-state index in [0.717, 1.165) is 0 Å². The molecule has 0 saturated carbocycles. The minimum atomic E-state index is -0.614. The number of carbonyl (C=O) groups is 2. The maximum Gasteiger partial charge on any atom is 0.355 e. The summed E-state index contributed by atoms with van der Waals surface area (Å²) in [6, 6.07) is 3.22. The van der Waals surface area contributed by atoms with Crippen molar-refractivity contribution in [1.82, 2.24) is 4.98 Å². The first kappa shape index (κ1) is 19.3. The first-order valence-electron chi connectivity index (χ1n) is 7.71. The standard InChI is InChI=1S/C18H19Cl2NO4/c1-5-24-17(23)16-11(6-7-14(22)25-18(2,3)4)15-12(20)8-10(19)9-13(15)21-16/h6-9,21H,5H2,1-4H3. The monoisotopic (exact) mass is 383 g/mol. The molecule has 0 spiro atoms. The van der Waals surface area contributed by atoms with E-state index in [4.69, 9.17) is 32.7 Å². The Hall–Kier alpha value is -1.98. The molecular weight excluding hydrogens is 365 g/mol. The van der Waals surface area contributed by atoms with E-state index in [-0.39, 0.29) is 12.3 Å². The summed E-state index contributed by atoms with van der Waals surface area (Å²) in [5, 5.41) is 1.36. The van der Waals surface area contributed by atoms with Crippen LogP contribution in [0.5, 0.6) is 0 Å². The molecule has 0 atom stereocenters. The van der Waals surface area contributed by atoms with Gasteiger partial charge in [-0.25, -0.2) is 9.59 Å². The maximum atomic E-state index is 12.2. The third kappa shape index (κ3) is 4.77. The van der Waals surface area contributed by atoms with Gasteiger partial charge in [0.2, 0.25) is 0 Å². The molecule has 0 saturated heterocycles. The average Bonchev–Trinajstić information content (AvgIpc) is 2.82. The van der Waals surface area contributed by atoms with Gasteiger partial charge in [0.05, 0.1) is 11.6 Å². The second-order valence-electron chi connectivity index (χ2n) is 6.31. The van der Waals surface area contributed by atoms with Crippen LogP contribution in [-0.4, -0.2) is 29.1 Å². The van der Waals surface area contributed by atoms with Gasteiger partial charge in [-0.3, -0.25) is 0 Å². The summed E-state index contributed by atoms with van der Waals surface area (Å²) in [6.07, 6.45) is 2.74. The van der Waals surface area contributed by atoms with Crippen molar-refractivity contribution < 1.29 is 19.1 Å². The van der Waals surface area contributed by atoms with Crippen molar-refractivity contribution in [2.45, 2.75) is 33.3 Å². The lowest BCUT2D eigenvalue weighted by Crippen LogP contribution is -2.22. The van der Waals surface area contributed by atoms with Crippen molar-refractivity contribution in [2.75, 3.05) is 6.61 Å². The number of carbonyl (C=O) groups excluding carboxylic acids is 2. The Morgan fingerprint density at radius 3 is 2.52 bits per heavy atom. The van der Waals surface area contributed by atoms with Crippen molar-refractivity contribution in [2.24, 2.45) is 0 Å². The zero-order valence-corrected chi connectivity index (χ0v) is 15.9. The van der Waals surface area contributed by atoms with Gasteiger partial charge in [-0.1, -0.05) is 23.2 Å². The molecule has 0 unspecified atom stereocenters. The third-order valence-electron chi connectivity index (χ3n) is 3.13. The van der Waals surface area contributed by atoms with Gasteiger partial charge >= 0.3 is 11.9 Å². The SMILES string of the molecule is CCOC(=O)c1[nH]c2cc(Cl)cc(Cl)c2c1C=CC(=O)OC(C)(C)C. The van der Waals surface area contributed by atoms with Gasteiger partial charge in [0.1, 0.15) is 11.3 Å². The number of esters is 2. The summed E-state index contributed by atoms with van der Waals surface area (Å²) in [7, 11) is 0. The van der Waals surface area contributed by atoms with Crippen LogP contribution in [0.1, 0.15) is 43.7 Å². The average molecular weight is 384 g/mol. The van der Waals surface area contributed by atoms with Gasteiger partial charge in [-0.2, -0.15) is 0 Å². The highest BCUT2D eigenvalue weighted by Crippen LogP contribution is 2.33. The topological polar surface area (TPSA) is 68.4 Å². The molecule has 0 fully saturated rings. The minimum absolute atomic E-state index is 0.195. The predicted molar refractivity (Wildman–Crippen MR) is 99.2 cm³/mol. The number of nitrogens with one attached hydrogen (secondary N) is 1. The van der Waals surface area contributed by atoms with Crippen LogP contribution in [0.25, 0.3) is 17.0 Å². The molecule has 1 N–H and O–H groups in total. The van der Waals surface area contributed by atoms with Crippen LogP contribution in [0.15, 0.2) is 18.2 Å². The minimum Gasteiger partial charge on any atom is -0.461 e. The van der Waals surface area contributed by atoms with Crippen LogP contribution in [-0.2, 0) is 14.3 Å². The number of aromatic nitrogens is 1. The lowest BCUT2D eigenvalue weighted by atomic mass is 10.1. The summed E-state index contributed by atoms with van der Waals surface area (Å²) in [5.74, 6) is -1.07. The number of hydrogen-bond donors (Lipinski definition) is 1. The fourth-order valence-corrected chi connectivity index (χ4v) is 2.89. The smallest absolute Gasteiger partial charge is 0.355 e. The number of halogens is 2. The van der Waals surface area contributed by atoms with Crippen LogP contribution < -0.4 is 0 Å². The van der Waals surface area contributed by atoms with Crippen molar-refractivity contribution in [3.63, 3.8) is 0 Å². The Kier molecular flexibility index (Phi) is 5.80. The quantitative estimate of drug-likeness (QED) is 0.595. The number of fused-ring (bicyclic) bond motifs is 1. The van der Waals surface area contributed by atoms with Crippen LogP contribution in [0.2, 0.25) is 10.0 Å². The highest BCUT2D eigenvalue weighted by atomic mass is 35.5. The molecule has 2 rings (SSSR count). The molecule has 134 valence electrons. The number of aromatic amines is 1. The normalized spacial score (nSPS) is 11.9. The van der Waals surface area contributed by atoms with Gasteiger partial charge in [0.15, 0.2) is 0 Å². The molecule has 0 amide bonds. The predicted octanol–water partition coefficient (Wildman–Crippen LogP) is 5.01. The van der Waals surface area contributed by atoms with Crippen molar-refractivity contribution >= 4 is 52.1 Å². The van der Waals surface area contributed by atoms with Crippen LogP contribution in [0, 0.1) is 0 Å². The molecule has 0 aliphatic heterocycles. The lowest BCUT2D eigenvalue weighted by molar-refractivity contribution is -0.148. The Morgan fingerprint density at radius 1 is 1.24 bits per heavy atom. The Labute approximate surface area is 155 Å². The van der Waals surface area contributed by atoms with Crippen molar-refractivity contribution in [3.8, 4) is 0 Å². The van der Waals surface area contributed by atoms with Gasteiger partial charge < -0.3 is 14.5 Å². The first-order valence-corrected chi connectivity index (χ1v) is 8.47.